The third kappa shape index (κ3) is 3.73. The number of hydrogen-bond acceptors (Lipinski definition) is 4. The van der Waals surface area contributed by atoms with Gasteiger partial charge in [-0.15, -0.1) is 11.3 Å². The number of carbonyl (C=O) groups is 1. The van der Waals surface area contributed by atoms with Crippen molar-refractivity contribution in [2.45, 2.75) is 19.8 Å². The van der Waals surface area contributed by atoms with Crippen molar-refractivity contribution < 1.29 is 4.79 Å². The maximum absolute atomic E-state index is 12.1. The Balaban J connectivity index is 1.89. The van der Waals surface area contributed by atoms with Gasteiger partial charge in [0.05, 0.1) is 21.6 Å². The van der Waals surface area contributed by atoms with Gasteiger partial charge in [0.1, 0.15) is 0 Å². The van der Waals surface area contributed by atoms with E-state index >= 15 is 0 Å². The monoisotopic (exact) mass is 367 g/mol. The van der Waals surface area contributed by atoms with Gasteiger partial charge in [-0.25, -0.2) is 4.98 Å². The Hall–Kier alpha value is -2.40. The summed E-state index contributed by atoms with van der Waals surface area (Å²) >= 11 is 1.72. The fourth-order valence-corrected chi connectivity index (χ4v) is 4.28. The Labute approximate surface area is 158 Å². The molecular formula is C21H25N3OS. The minimum absolute atomic E-state index is 0.121. The molecule has 26 heavy (non-hydrogen) atoms. The van der Waals surface area contributed by atoms with E-state index in [0.29, 0.717) is 6.54 Å². The van der Waals surface area contributed by atoms with E-state index in [9.17, 15) is 4.79 Å². The van der Waals surface area contributed by atoms with Gasteiger partial charge in [0, 0.05) is 25.6 Å². The second-order valence-corrected chi connectivity index (χ2v) is 7.30. The predicted molar refractivity (Wildman–Crippen MR) is 112 cm³/mol. The van der Waals surface area contributed by atoms with Crippen molar-refractivity contribution >= 4 is 38.7 Å². The molecule has 0 atom stereocenters. The Morgan fingerprint density at radius 2 is 2.19 bits per heavy atom. The first-order valence-corrected chi connectivity index (χ1v) is 9.92. The van der Waals surface area contributed by atoms with Crippen LogP contribution in [-0.2, 0) is 4.79 Å². The van der Waals surface area contributed by atoms with E-state index in [1.165, 1.54) is 10.4 Å². The lowest BCUT2D eigenvalue weighted by Gasteiger charge is -2.33. The van der Waals surface area contributed by atoms with Gasteiger partial charge in [-0.3, -0.25) is 4.79 Å². The summed E-state index contributed by atoms with van der Waals surface area (Å²) in [6, 6.07) is 4.20. The van der Waals surface area contributed by atoms with Gasteiger partial charge in [-0.05, 0) is 42.9 Å². The molecule has 0 bridgehead atoms. The summed E-state index contributed by atoms with van der Waals surface area (Å²) < 4.78 is 1.20. The molecule has 1 saturated heterocycles. The second-order valence-electron chi connectivity index (χ2n) is 6.38. The summed E-state index contributed by atoms with van der Waals surface area (Å²) in [5.41, 5.74) is 4.08. The number of pyridine rings is 1. The van der Waals surface area contributed by atoms with E-state index in [0.717, 1.165) is 42.7 Å². The van der Waals surface area contributed by atoms with Crippen molar-refractivity contribution in [1.29, 1.82) is 0 Å². The zero-order chi connectivity index (χ0) is 18.5. The van der Waals surface area contributed by atoms with E-state index in [1.807, 2.05) is 19.1 Å². The van der Waals surface area contributed by atoms with Crippen LogP contribution in [0.2, 0.25) is 0 Å². The van der Waals surface area contributed by atoms with Crippen LogP contribution in [0.3, 0.4) is 0 Å². The van der Waals surface area contributed by atoms with E-state index in [-0.39, 0.29) is 11.8 Å². The third-order valence-corrected chi connectivity index (χ3v) is 5.69. The van der Waals surface area contributed by atoms with Gasteiger partial charge in [0.2, 0.25) is 5.91 Å². The van der Waals surface area contributed by atoms with E-state index in [4.69, 9.17) is 4.98 Å². The third-order valence-electron chi connectivity index (χ3n) is 4.76. The molecule has 2 aromatic rings. The van der Waals surface area contributed by atoms with Crippen LogP contribution < -0.4 is 10.2 Å². The normalized spacial score (nSPS) is 15.9. The number of piperidine rings is 1. The molecule has 5 heteroatoms. The number of nitrogens with one attached hydrogen (secondary N) is 1. The van der Waals surface area contributed by atoms with Crippen molar-refractivity contribution in [3.8, 4) is 0 Å². The summed E-state index contributed by atoms with van der Waals surface area (Å²) in [6.07, 6.45) is 7.26. The zero-order valence-corrected chi connectivity index (χ0v) is 16.0. The molecule has 0 unspecified atom stereocenters. The minimum Gasteiger partial charge on any atom is -0.370 e. The molecule has 0 aliphatic carbocycles. The van der Waals surface area contributed by atoms with E-state index in [1.54, 1.807) is 17.4 Å². The molecule has 0 spiro atoms. The topological polar surface area (TPSA) is 45.2 Å². The maximum Gasteiger partial charge on any atom is 0.223 e. The molecule has 0 radical (unpaired) electrons. The number of anilines is 1. The van der Waals surface area contributed by atoms with Crippen molar-refractivity contribution in [3.05, 3.63) is 54.6 Å². The fourth-order valence-electron chi connectivity index (χ4n) is 3.41. The first-order valence-electron chi connectivity index (χ1n) is 9.04. The van der Waals surface area contributed by atoms with Crippen LogP contribution in [0.25, 0.3) is 15.8 Å². The Morgan fingerprint density at radius 3 is 2.85 bits per heavy atom. The number of thiophene rings is 1. The number of allylic oxidation sites excluding steroid dienone is 4. The predicted octanol–water partition coefficient (Wildman–Crippen LogP) is 4.40. The number of carbonyl (C=O) groups excluding carboxylic acids is 1. The van der Waals surface area contributed by atoms with E-state index < -0.39 is 0 Å². The number of nitrogens with zero attached hydrogens (tertiary/aromatic N) is 2. The van der Waals surface area contributed by atoms with Crippen LogP contribution in [0, 0.1) is 5.92 Å². The number of fused-ring (bicyclic) bond motifs is 1. The molecule has 4 nitrogen and oxygen atoms in total. The first-order chi connectivity index (χ1) is 12.7. The lowest BCUT2D eigenvalue weighted by atomic mass is 9.95. The Bertz CT molecular complexity index is 844. The highest BCUT2D eigenvalue weighted by molar-refractivity contribution is 7.17. The molecular weight excluding hydrogens is 342 g/mol. The molecule has 0 aromatic carbocycles. The van der Waals surface area contributed by atoms with Gasteiger partial charge >= 0.3 is 0 Å². The van der Waals surface area contributed by atoms with Gasteiger partial charge in [0.25, 0.3) is 0 Å². The summed E-state index contributed by atoms with van der Waals surface area (Å²) in [4.78, 5) is 19.3. The van der Waals surface area contributed by atoms with Crippen LogP contribution in [0.4, 0.5) is 5.69 Å². The average molecular weight is 368 g/mol. The number of hydrogen-bond donors (Lipinski definition) is 1. The molecule has 0 saturated carbocycles. The average Bonchev–Trinajstić information content (AvgIpc) is 3.14. The zero-order valence-electron chi connectivity index (χ0n) is 15.2. The highest BCUT2D eigenvalue weighted by Gasteiger charge is 2.26. The number of rotatable bonds is 6. The quantitative estimate of drug-likeness (QED) is 0.770. The van der Waals surface area contributed by atoms with Crippen LogP contribution in [0.1, 0.15) is 25.5 Å². The first kappa shape index (κ1) is 18.4. The Kier molecular flexibility index (Phi) is 5.89. The van der Waals surface area contributed by atoms with Crippen molar-refractivity contribution in [2.75, 3.05) is 24.5 Å². The van der Waals surface area contributed by atoms with Crippen LogP contribution in [-0.4, -0.2) is 30.5 Å². The minimum atomic E-state index is 0.121. The molecule has 1 fully saturated rings. The molecule has 3 rings (SSSR count). The molecule has 1 amide bonds. The Morgan fingerprint density at radius 1 is 1.42 bits per heavy atom. The van der Waals surface area contributed by atoms with Crippen LogP contribution >= 0.6 is 11.3 Å². The highest BCUT2D eigenvalue weighted by atomic mass is 32.1. The summed E-state index contributed by atoms with van der Waals surface area (Å²) in [6.45, 7) is 12.1. The number of aromatic nitrogens is 1. The van der Waals surface area contributed by atoms with Crippen molar-refractivity contribution in [2.24, 2.45) is 5.92 Å². The van der Waals surface area contributed by atoms with Gasteiger partial charge in [-0.2, -0.15) is 0 Å². The fraction of sp³-hybridized carbons (Fsp3) is 0.333. The molecule has 136 valence electrons. The lowest BCUT2D eigenvalue weighted by Crippen LogP contribution is -2.40. The van der Waals surface area contributed by atoms with Crippen LogP contribution in [0.15, 0.2) is 48.9 Å². The number of amides is 1. The molecule has 3 heterocycles. The van der Waals surface area contributed by atoms with Crippen molar-refractivity contribution in [3.63, 3.8) is 0 Å². The second kappa shape index (κ2) is 8.32. The summed E-state index contributed by atoms with van der Waals surface area (Å²) in [5.74, 6) is 0.308. The smallest absolute Gasteiger partial charge is 0.223 e. The largest absolute Gasteiger partial charge is 0.370 e. The van der Waals surface area contributed by atoms with E-state index in [2.05, 4.69) is 40.9 Å². The maximum atomic E-state index is 12.1. The van der Waals surface area contributed by atoms with Gasteiger partial charge in [-0.1, -0.05) is 31.4 Å². The molecule has 1 aliphatic rings. The summed E-state index contributed by atoms with van der Waals surface area (Å²) in [7, 11) is 0. The standard InChI is InChI=1S/C21H25N3OS/c1-4-7-15(5-2)18-14-19(20-17(23-18)10-13-26-20)24-11-8-16(9-12-24)21(25)22-6-3/h4-5,7,10,13-14,16H,1-2,6,8-9,11-12H2,3H3,(H,22,25)/b15-7+. The summed E-state index contributed by atoms with van der Waals surface area (Å²) in [5, 5.41) is 5.03. The molecule has 1 aliphatic heterocycles. The van der Waals surface area contributed by atoms with Gasteiger partial charge in [0.15, 0.2) is 0 Å². The van der Waals surface area contributed by atoms with Gasteiger partial charge < -0.3 is 10.2 Å². The van der Waals surface area contributed by atoms with Crippen molar-refractivity contribution in [1.82, 2.24) is 10.3 Å². The molecule has 2 aromatic heterocycles. The highest BCUT2D eigenvalue weighted by Crippen LogP contribution is 2.35. The molecule has 1 N–H and O–H groups in total. The lowest BCUT2D eigenvalue weighted by molar-refractivity contribution is -0.125. The van der Waals surface area contributed by atoms with Crippen LogP contribution in [0.5, 0.6) is 0 Å². The SMILES string of the molecule is C=C/C=C(\C=C)c1cc(N2CCC(C(=O)NCC)CC2)c2sccc2n1.